The van der Waals surface area contributed by atoms with E-state index < -0.39 is 188 Å². The van der Waals surface area contributed by atoms with E-state index in [1.807, 2.05) is 0 Å². The second kappa shape index (κ2) is 66.5. The van der Waals surface area contributed by atoms with Gasteiger partial charge in [0.05, 0.1) is 72.7 Å². The Morgan fingerprint density at radius 1 is 0.322 bits per heavy atom. The lowest BCUT2D eigenvalue weighted by molar-refractivity contribution is -0.448. The summed E-state index contributed by atoms with van der Waals surface area (Å²) in [5.74, 6) is -4.96. The fraction of sp³-hybridized carbons (Fsp3) is 0.810. The van der Waals surface area contributed by atoms with Gasteiger partial charge in [0.1, 0.15) is 108 Å². The number of hydrogen-bond acceptors (Lipinski definition) is 42. The number of rotatable bonds is 68. The molecule has 0 saturated carbocycles. The normalized spacial score (nSPS) is 14.7. The maximum Gasteiger partial charge on any atom is 0.319 e. The number of carbonyl (C=O) groups excluding carboxylic acids is 4. The third-order valence-electron chi connectivity index (χ3n) is 13.5. The molecule has 0 spiro atoms. The van der Waals surface area contributed by atoms with Crippen LogP contribution in [0.3, 0.4) is 0 Å². The summed E-state index contributed by atoms with van der Waals surface area (Å²) in [5, 5.41) is 30.3. The quantitative estimate of drug-likeness (QED) is 0.00485. The SMILES string of the molecule is CC(NC(=S)OCC(C)(COC(=S)NC(C)OOF)C(=O)OCC(COCC(COC(=O)C(C)(COC(=S)NCCOCCOF)COC(=S)NCCOCCOF)OC(=O)C(C)(COC(=S)NCCOCCOF)COC(S)NCCOCCOF)OC(=O)C(C)(COC(=S)NC(C)OOF)COC(=S)NC(C)OOF)OOF. The zero-order valence-electron chi connectivity index (χ0n) is 63.1. The third-order valence-corrected chi connectivity index (χ3v) is 15.5. The van der Waals surface area contributed by atoms with Crippen LogP contribution in [0.5, 0.6) is 0 Å². The molecule has 0 amide bonds. The molecule has 41 nitrogen and oxygen atoms in total. The van der Waals surface area contributed by atoms with Crippen molar-refractivity contribution in [1.82, 2.24) is 42.5 Å². The van der Waals surface area contributed by atoms with Crippen LogP contribution in [0.25, 0.3) is 0 Å². The number of ether oxygens (including phenoxy) is 17. The minimum absolute atomic E-state index is 0.00169. The first-order valence-electron chi connectivity index (χ1n) is 33.6. The van der Waals surface area contributed by atoms with E-state index in [1.165, 1.54) is 55.4 Å². The van der Waals surface area contributed by atoms with E-state index in [4.69, 9.17) is 166 Å². The molecule has 8 N–H and O–H groups in total. The van der Waals surface area contributed by atoms with E-state index in [2.05, 4.69) is 115 Å². The van der Waals surface area contributed by atoms with Gasteiger partial charge in [-0.1, -0.05) is 0 Å². The molecule has 57 heteroatoms. The topological polar surface area (TPSA) is 432 Å². The summed E-state index contributed by atoms with van der Waals surface area (Å²) < 4.78 is 196. The Morgan fingerprint density at radius 3 is 0.843 bits per heavy atom. The number of thiocarbonyl (C=S) groups is 7. The van der Waals surface area contributed by atoms with E-state index in [1.54, 1.807) is 0 Å². The first kappa shape index (κ1) is 110. The van der Waals surface area contributed by atoms with Gasteiger partial charge in [-0.25, -0.2) is 0 Å². The van der Waals surface area contributed by atoms with Gasteiger partial charge in [-0.2, -0.15) is 39.3 Å². The van der Waals surface area contributed by atoms with Gasteiger partial charge in [0.15, 0.2) is 42.7 Å². The molecule has 0 radical (unpaired) electrons. The number of hydrogen-bond donors (Lipinski definition) is 9. The standard InChI is InChI=1S/C58H96F8N8O33S8/c1-37(100-104-63)71-51(112)90-31-56(6,32-91-52(113)72-38(2)101-105-64)44(76)85-28-42(99-46(78)58(8,35-92-53(114)73-39(3)102-106-65)36-93-54(115)74-40(4)103-107-66)26-83-25-41(98-45(77)57(7,33-88-49(110)69-11-15-81-19-23-96-61)34-89-50(111)70-12-16-82-20-24-97-62)27-84-43(75)55(5,29-86-47(108)67-9-13-79-17-21-94-59)30-87-48(109)68-10-14-80-18-22-95-60/h37-42,49,69,110H,9-36H2,1-8H3,(H,67,108)(H,68,109)(H,70,111)(H,71,112)(H,72,113)(H,73,114)(H,74,115). The highest BCUT2D eigenvalue weighted by molar-refractivity contribution is 7.81. The van der Waals surface area contributed by atoms with Crippen molar-refractivity contribution in [3.8, 4) is 0 Å². The maximum atomic E-state index is 15.0. The van der Waals surface area contributed by atoms with Crippen molar-refractivity contribution in [2.75, 3.05) is 185 Å². The molecule has 0 bridgehead atoms. The lowest BCUT2D eigenvalue weighted by Gasteiger charge is -2.32. The molecule has 0 fully saturated rings. The van der Waals surface area contributed by atoms with Gasteiger partial charge >= 0.3 is 23.9 Å². The average Bonchev–Trinajstić information content (AvgIpc) is 0.845. The third kappa shape index (κ3) is 54.5. The van der Waals surface area contributed by atoms with Crippen molar-refractivity contribution >= 4 is 158 Å². The molecule has 0 heterocycles. The summed E-state index contributed by atoms with van der Waals surface area (Å²) in [6.07, 6.45) is -8.89. The number of nitrogens with one attached hydrogen (secondary N) is 8. The second-order valence-corrected chi connectivity index (χ2v) is 27.0. The zero-order valence-corrected chi connectivity index (χ0v) is 69.8. The fourth-order valence-corrected chi connectivity index (χ4v) is 8.95. The summed E-state index contributed by atoms with van der Waals surface area (Å²) in [7, 11) is 0. The predicted octanol–water partition coefficient (Wildman–Crippen LogP) is 3.38. The van der Waals surface area contributed by atoms with E-state index in [0.717, 1.165) is 0 Å². The Labute approximate surface area is 697 Å². The van der Waals surface area contributed by atoms with Gasteiger partial charge in [0.25, 0.3) is 36.2 Å². The molecule has 0 aliphatic carbocycles. The largest absolute Gasteiger partial charge is 0.470 e. The van der Waals surface area contributed by atoms with E-state index >= 15 is 4.79 Å². The Morgan fingerprint density at radius 2 is 0.574 bits per heavy atom. The highest BCUT2D eigenvalue weighted by atomic mass is 32.1. The van der Waals surface area contributed by atoms with Gasteiger partial charge in [0.2, 0.25) is 0 Å². The number of esters is 4. The van der Waals surface area contributed by atoms with Crippen molar-refractivity contribution in [3.63, 3.8) is 0 Å². The first-order valence-corrected chi connectivity index (χ1v) is 37.0. The van der Waals surface area contributed by atoms with E-state index in [9.17, 15) is 50.6 Å². The summed E-state index contributed by atoms with van der Waals surface area (Å²) in [5.41, 5.74) is -9.28. The fourth-order valence-electron chi connectivity index (χ4n) is 7.37. The molecule has 115 heavy (non-hydrogen) atoms. The number of thiol groups is 1. The molecule has 0 aromatic heterocycles. The molecule has 0 aliphatic heterocycles. The van der Waals surface area contributed by atoms with Crippen LogP contribution < -0.4 is 42.5 Å². The lowest BCUT2D eigenvalue weighted by atomic mass is 9.93. The van der Waals surface area contributed by atoms with Gasteiger partial charge in [-0.15, -0.1) is 12.6 Å². The smallest absolute Gasteiger partial charge is 0.319 e. The summed E-state index contributed by atoms with van der Waals surface area (Å²) in [6, 6.07) is 0. The molecular weight excluding hydrogens is 1750 g/mol. The van der Waals surface area contributed by atoms with Crippen LogP contribution in [0.2, 0.25) is 0 Å². The molecule has 670 valence electrons. The van der Waals surface area contributed by atoms with Crippen LogP contribution in [0.1, 0.15) is 55.4 Å². The predicted molar refractivity (Wildman–Crippen MR) is 401 cm³/mol. The average molecular weight is 1840 g/mol. The van der Waals surface area contributed by atoms with Gasteiger partial charge < -0.3 is 118 Å². The van der Waals surface area contributed by atoms with Gasteiger partial charge in [0, 0.05) is 26.2 Å². The Balaban J connectivity index is 8.40. The Hall–Kier alpha value is -5.26. The van der Waals surface area contributed by atoms with Crippen molar-refractivity contribution in [2.24, 2.45) is 21.7 Å². The summed E-state index contributed by atoms with van der Waals surface area (Å²) >= 11 is 41.2. The van der Waals surface area contributed by atoms with E-state index in [0.29, 0.717) is 0 Å². The Kier molecular flexibility index (Phi) is 63.5. The molecule has 8 unspecified atom stereocenters. The molecular formula is C58H96F8N8O33S8. The van der Waals surface area contributed by atoms with Crippen molar-refractivity contribution < 1.29 is 196 Å². The summed E-state index contributed by atoms with van der Waals surface area (Å²) in [4.78, 5) is 90.5. The van der Waals surface area contributed by atoms with Crippen LogP contribution in [-0.4, -0.2) is 288 Å². The van der Waals surface area contributed by atoms with Gasteiger partial charge in [-0.05, 0) is 197 Å². The molecule has 0 aromatic carbocycles. The molecule has 0 aliphatic rings. The van der Waals surface area contributed by atoms with Crippen LogP contribution in [-0.2, 0) is 159 Å². The van der Waals surface area contributed by atoms with E-state index in [-0.39, 0.29) is 121 Å². The van der Waals surface area contributed by atoms with Crippen molar-refractivity contribution in [1.29, 1.82) is 0 Å². The van der Waals surface area contributed by atoms with Crippen LogP contribution in [0.4, 0.5) is 36.2 Å². The zero-order chi connectivity index (χ0) is 86.4. The molecule has 0 aromatic rings. The molecule has 0 saturated heterocycles. The molecule has 0 rings (SSSR count). The summed E-state index contributed by atoms with van der Waals surface area (Å²) in [6.45, 7) is -1.72. The minimum atomic E-state index is -2.13. The first-order chi connectivity index (χ1) is 54.8. The number of halogens is 8. The van der Waals surface area contributed by atoms with Crippen molar-refractivity contribution in [2.45, 2.75) is 98.1 Å². The van der Waals surface area contributed by atoms with Crippen LogP contribution in [0.15, 0.2) is 0 Å². The molecule has 8 atom stereocenters. The Bertz CT molecular complexity index is 2690. The highest BCUT2D eigenvalue weighted by Crippen LogP contribution is 2.27. The number of carbonyl (C=O) groups is 4. The maximum absolute atomic E-state index is 15.0. The van der Waals surface area contributed by atoms with Crippen LogP contribution in [0, 0.1) is 21.7 Å². The monoisotopic (exact) mass is 1840 g/mol. The van der Waals surface area contributed by atoms with Crippen molar-refractivity contribution in [3.05, 3.63) is 0 Å². The minimum Gasteiger partial charge on any atom is -0.470 e. The lowest BCUT2D eigenvalue weighted by Crippen LogP contribution is -2.47. The van der Waals surface area contributed by atoms with Crippen LogP contribution >= 0.6 is 98.2 Å². The van der Waals surface area contributed by atoms with Gasteiger partial charge in [-0.3, -0.25) is 24.5 Å². The second-order valence-electron chi connectivity index (χ2n) is 23.9. The highest BCUT2D eigenvalue weighted by Gasteiger charge is 2.45.